The molecular formula is C32H36ClN5O2S. The summed E-state index contributed by atoms with van der Waals surface area (Å²) in [7, 11) is 0. The van der Waals surface area contributed by atoms with E-state index in [0.717, 1.165) is 48.4 Å². The summed E-state index contributed by atoms with van der Waals surface area (Å²) in [4.78, 5) is 39.9. The van der Waals surface area contributed by atoms with E-state index >= 15 is 0 Å². The minimum atomic E-state index is -0.155. The number of aromatic nitrogens is 3. The van der Waals surface area contributed by atoms with E-state index in [4.69, 9.17) is 16.6 Å². The van der Waals surface area contributed by atoms with E-state index in [-0.39, 0.29) is 17.4 Å². The largest absolute Gasteiger partial charge is 0.336 e. The van der Waals surface area contributed by atoms with Gasteiger partial charge < -0.3 is 10.2 Å². The van der Waals surface area contributed by atoms with E-state index in [1.807, 2.05) is 20.9 Å². The maximum atomic E-state index is 14.6. The number of carbonyl (C=O) groups is 1. The number of benzene rings is 1. The van der Waals surface area contributed by atoms with Crippen molar-refractivity contribution in [2.24, 2.45) is 5.92 Å². The second-order valence-corrected chi connectivity index (χ2v) is 12.0. The SMILES string of the molecule is CCc1cccc(CC)c1-n1c(CC(C)C)c(C(=O)N2CCNCC2)cc(-c2nc(-c3ccc(Cl)cn3)cs2)c1=O. The van der Waals surface area contributed by atoms with Crippen LogP contribution in [0, 0.1) is 5.92 Å². The summed E-state index contributed by atoms with van der Waals surface area (Å²) >= 11 is 7.43. The third-order valence-corrected chi connectivity index (χ3v) is 8.55. The monoisotopic (exact) mass is 589 g/mol. The topological polar surface area (TPSA) is 80.1 Å². The first kappa shape index (κ1) is 29.2. The van der Waals surface area contributed by atoms with Crippen LogP contribution in [0.15, 0.2) is 52.8 Å². The Labute approximate surface area is 250 Å². The minimum absolute atomic E-state index is 0.0414. The smallest absolute Gasteiger partial charge is 0.265 e. The third-order valence-electron chi connectivity index (χ3n) is 7.45. The van der Waals surface area contributed by atoms with Crippen LogP contribution in [0.4, 0.5) is 0 Å². The van der Waals surface area contributed by atoms with Crippen LogP contribution in [-0.4, -0.2) is 51.5 Å². The van der Waals surface area contributed by atoms with Gasteiger partial charge in [0.2, 0.25) is 0 Å². The zero-order valence-corrected chi connectivity index (χ0v) is 25.6. The highest BCUT2D eigenvalue weighted by molar-refractivity contribution is 7.13. The van der Waals surface area contributed by atoms with Gasteiger partial charge in [-0.05, 0) is 54.5 Å². The Bertz CT molecular complexity index is 1580. The zero-order chi connectivity index (χ0) is 29.1. The van der Waals surface area contributed by atoms with E-state index in [0.29, 0.717) is 52.1 Å². The molecule has 0 atom stereocenters. The number of aryl methyl sites for hydroxylation is 2. The van der Waals surface area contributed by atoms with E-state index in [1.165, 1.54) is 11.3 Å². The van der Waals surface area contributed by atoms with Gasteiger partial charge in [0.15, 0.2) is 0 Å². The third kappa shape index (κ3) is 6.01. The number of pyridine rings is 2. The van der Waals surface area contributed by atoms with Gasteiger partial charge in [-0.1, -0.05) is 57.5 Å². The first-order valence-electron chi connectivity index (χ1n) is 14.3. The molecule has 41 heavy (non-hydrogen) atoms. The summed E-state index contributed by atoms with van der Waals surface area (Å²) in [6.45, 7) is 11.2. The second kappa shape index (κ2) is 12.7. The molecule has 0 saturated carbocycles. The zero-order valence-electron chi connectivity index (χ0n) is 24.0. The van der Waals surface area contributed by atoms with Gasteiger partial charge in [0.25, 0.3) is 11.5 Å². The highest BCUT2D eigenvalue weighted by atomic mass is 35.5. The van der Waals surface area contributed by atoms with Crippen molar-refractivity contribution >= 4 is 28.8 Å². The summed E-state index contributed by atoms with van der Waals surface area (Å²) < 4.78 is 1.84. The van der Waals surface area contributed by atoms with Crippen LogP contribution in [0.3, 0.4) is 0 Å². The molecule has 0 radical (unpaired) electrons. The number of para-hydroxylation sites is 1. The fraction of sp³-hybridized carbons (Fsp3) is 0.375. The normalized spacial score (nSPS) is 13.7. The van der Waals surface area contributed by atoms with Crippen molar-refractivity contribution in [3.8, 4) is 27.6 Å². The molecule has 214 valence electrons. The highest BCUT2D eigenvalue weighted by Gasteiger charge is 2.28. The van der Waals surface area contributed by atoms with Crippen LogP contribution in [0.1, 0.15) is 54.9 Å². The van der Waals surface area contributed by atoms with Crippen LogP contribution in [0.25, 0.3) is 27.6 Å². The van der Waals surface area contributed by atoms with Crippen molar-refractivity contribution in [1.29, 1.82) is 0 Å². The van der Waals surface area contributed by atoms with Crippen molar-refractivity contribution in [2.75, 3.05) is 26.2 Å². The lowest BCUT2D eigenvalue weighted by Gasteiger charge is -2.30. The number of piperazine rings is 1. The highest BCUT2D eigenvalue weighted by Crippen LogP contribution is 2.31. The van der Waals surface area contributed by atoms with Gasteiger partial charge >= 0.3 is 0 Å². The van der Waals surface area contributed by atoms with Gasteiger partial charge in [-0.25, -0.2) is 4.98 Å². The predicted octanol–water partition coefficient (Wildman–Crippen LogP) is 6.05. The van der Waals surface area contributed by atoms with Crippen LogP contribution in [0.2, 0.25) is 5.02 Å². The Morgan fingerprint density at radius 3 is 2.39 bits per heavy atom. The van der Waals surface area contributed by atoms with Gasteiger partial charge in [-0.15, -0.1) is 11.3 Å². The molecule has 1 saturated heterocycles. The molecule has 4 heterocycles. The minimum Gasteiger partial charge on any atom is -0.336 e. The van der Waals surface area contributed by atoms with Crippen molar-refractivity contribution in [3.63, 3.8) is 0 Å². The number of hydrogen-bond acceptors (Lipinski definition) is 6. The Morgan fingerprint density at radius 1 is 1.07 bits per heavy atom. The number of nitrogens with zero attached hydrogens (tertiary/aromatic N) is 4. The maximum absolute atomic E-state index is 14.6. The molecule has 1 amide bonds. The average Bonchev–Trinajstić information content (AvgIpc) is 3.47. The molecule has 1 aliphatic heterocycles. The van der Waals surface area contributed by atoms with E-state index in [9.17, 15) is 9.59 Å². The molecule has 0 aliphatic carbocycles. The van der Waals surface area contributed by atoms with Crippen molar-refractivity contribution < 1.29 is 4.79 Å². The molecule has 9 heteroatoms. The quantitative estimate of drug-likeness (QED) is 0.271. The number of thiazole rings is 1. The molecule has 0 unspecified atom stereocenters. The first-order valence-corrected chi connectivity index (χ1v) is 15.6. The lowest BCUT2D eigenvalue weighted by atomic mass is 9.97. The number of rotatable bonds is 8. The fourth-order valence-corrected chi connectivity index (χ4v) is 6.33. The van der Waals surface area contributed by atoms with E-state index in [2.05, 4.69) is 56.2 Å². The number of nitrogens with one attached hydrogen (secondary N) is 1. The lowest BCUT2D eigenvalue weighted by molar-refractivity contribution is 0.0733. The second-order valence-electron chi connectivity index (χ2n) is 10.7. The summed E-state index contributed by atoms with van der Waals surface area (Å²) in [5.74, 6) is 0.197. The van der Waals surface area contributed by atoms with Gasteiger partial charge in [-0.3, -0.25) is 19.1 Å². The summed E-state index contributed by atoms with van der Waals surface area (Å²) in [5.41, 5.74) is 6.01. The number of amides is 1. The lowest BCUT2D eigenvalue weighted by Crippen LogP contribution is -2.47. The van der Waals surface area contributed by atoms with Gasteiger partial charge in [0, 0.05) is 43.4 Å². The molecule has 0 spiro atoms. The van der Waals surface area contributed by atoms with Gasteiger partial charge in [0.1, 0.15) is 10.7 Å². The molecule has 3 aromatic heterocycles. The molecule has 1 aromatic carbocycles. The van der Waals surface area contributed by atoms with Crippen LogP contribution in [-0.2, 0) is 19.3 Å². The summed E-state index contributed by atoms with van der Waals surface area (Å²) in [6.07, 6.45) is 3.72. The fourth-order valence-electron chi connectivity index (χ4n) is 5.40. The molecule has 0 bridgehead atoms. The van der Waals surface area contributed by atoms with Crippen molar-refractivity contribution in [2.45, 2.75) is 47.0 Å². The summed E-state index contributed by atoms with van der Waals surface area (Å²) in [5, 5.41) is 6.34. The number of carbonyl (C=O) groups excluding carboxylic acids is 1. The molecule has 1 N–H and O–H groups in total. The molecule has 1 aliphatic rings. The Morgan fingerprint density at radius 2 is 1.78 bits per heavy atom. The average molecular weight is 590 g/mol. The van der Waals surface area contributed by atoms with Crippen molar-refractivity contribution in [1.82, 2.24) is 24.8 Å². The Kier molecular flexibility index (Phi) is 9.02. The molecule has 7 nitrogen and oxygen atoms in total. The molecular weight excluding hydrogens is 554 g/mol. The summed E-state index contributed by atoms with van der Waals surface area (Å²) in [6, 6.07) is 11.6. The van der Waals surface area contributed by atoms with E-state index in [1.54, 1.807) is 18.3 Å². The standard InChI is InChI=1S/C32H36ClN5O2S/c1-5-21-8-7-9-22(6-2)29(21)38-28(16-20(3)4)24(31(39)37-14-12-34-13-15-37)17-25(32(38)40)30-36-27(19-41-30)26-11-10-23(33)18-35-26/h7-11,17-20,34H,5-6,12-16H2,1-4H3. The molecule has 4 aromatic rings. The van der Waals surface area contributed by atoms with Crippen LogP contribution >= 0.6 is 22.9 Å². The van der Waals surface area contributed by atoms with Crippen LogP contribution < -0.4 is 10.9 Å². The molecule has 5 rings (SSSR count). The van der Waals surface area contributed by atoms with Gasteiger partial charge in [-0.2, -0.15) is 0 Å². The number of halogens is 1. The van der Waals surface area contributed by atoms with Crippen LogP contribution in [0.5, 0.6) is 0 Å². The van der Waals surface area contributed by atoms with Gasteiger partial charge in [0.05, 0.1) is 27.5 Å². The van der Waals surface area contributed by atoms with Crippen molar-refractivity contribution in [3.05, 3.63) is 85.7 Å². The maximum Gasteiger partial charge on any atom is 0.265 e. The predicted molar refractivity (Wildman–Crippen MR) is 167 cm³/mol. The van der Waals surface area contributed by atoms with E-state index < -0.39 is 0 Å². The molecule has 1 fully saturated rings. The first-order chi connectivity index (χ1) is 19.8. The number of hydrogen-bond donors (Lipinski definition) is 1. The Balaban J connectivity index is 1.80. The Hall–Kier alpha value is -3.33.